The lowest BCUT2D eigenvalue weighted by Gasteiger charge is -2.28. The third-order valence-corrected chi connectivity index (χ3v) is 5.05. The molecule has 2 aromatic rings. The zero-order valence-electron chi connectivity index (χ0n) is 15.3. The van der Waals surface area contributed by atoms with Crippen LogP contribution in [0.15, 0.2) is 24.5 Å². The van der Waals surface area contributed by atoms with Gasteiger partial charge in [0, 0.05) is 24.7 Å². The quantitative estimate of drug-likeness (QED) is 0.922. The minimum absolute atomic E-state index is 0.419. The van der Waals surface area contributed by atoms with Crippen LogP contribution in [0.25, 0.3) is 10.9 Å². The molecular weight excluding hydrogens is 316 g/mol. The summed E-state index contributed by atoms with van der Waals surface area (Å²) in [6, 6.07) is 4.07. The molecule has 1 saturated heterocycles. The van der Waals surface area contributed by atoms with Crippen LogP contribution in [0.1, 0.15) is 32.9 Å². The molecule has 0 unspecified atom stereocenters. The predicted molar refractivity (Wildman–Crippen MR) is 98.5 cm³/mol. The first-order valence-corrected chi connectivity index (χ1v) is 8.70. The van der Waals surface area contributed by atoms with E-state index in [0.29, 0.717) is 11.8 Å². The molecule has 6 nitrogen and oxygen atoms in total. The SMILES string of the molecule is Cc1ncc(N2C[C@H](CC(C)(C)OC(N)=O)[C@@H](C)C2)c2cccnc12. The fourth-order valence-corrected chi connectivity index (χ4v) is 3.88. The average molecular weight is 342 g/mol. The molecule has 0 spiro atoms. The molecule has 0 bridgehead atoms. The zero-order chi connectivity index (χ0) is 18.2. The Kier molecular flexibility index (Phi) is 4.54. The van der Waals surface area contributed by atoms with Crippen LogP contribution in [0.3, 0.4) is 0 Å². The van der Waals surface area contributed by atoms with Gasteiger partial charge in [-0.3, -0.25) is 9.97 Å². The molecule has 0 aliphatic carbocycles. The topological polar surface area (TPSA) is 81.3 Å². The second-order valence-electron chi connectivity index (χ2n) is 7.66. The highest BCUT2D eigenvalue weighted by atomic mass is 16.6. The lowest BCUT2D eigenvalue weighted by atomic mass is 9.87. The predicted octanol–water partition coefficient (Wildman–Crippen LogP) is 3.27. The summed E-state index contributed by atoms with van der Waals surface area (Å²) in [5.74, 6) is 0.908. The van der Waals surface area contributed by atoms with E-state index in [1.807, 2.05) is 33.0 Å². The maximum absolute atomic E-state index is 11.1. The largest absolute Gasteiger partial charge is 0.444 e. The Bertz CT molecular complexity index is 790. The lowest BCUT2D eigenvalue weighted by molar-refractivity contribution is 0.0246. The van der Waals surface area contributed by atoms with Gasteiger partial charge in [0.2, 0.25) is 0 Å². The van der Waals surface area contributed by atoms with Gasteiger partial charge in [0.1, 0.15) is 5.60 Å². The molecule has 2 N–H and O–H groups in total. The van der Waals surface area contributed by atoms with Gasteiger partial charge in [0.15, 0.2) is 0 Å². The number of pyridine rings is 2. The Hall–Kier alpha value is -2.37. The van der Waals surface area contributed by atoms with E-state index in [1.54, 1.807) is 6.20 Å². The summed E-state index contributed by atoms with van der Waals surface area (Å²) >= 11 is 0. The Morgan fingerprint density at radius 2 is 2.16 bits per heavy atom. The van der Waals surface area contributed by atoms with Crippen molar-refractivity contribution in [2.75, 3.05) is 18.0 Å². The van der Waals surface area contributed by atoms with Crippen LogP contribution in [0, 0.1) is 18.8 Å². The number of nitrogens with two attached hydrogens (primary N) is 1. The van der Waals surface area contributed by atoms with E-state index in [1.165, 1.54) is 0 Å². The molecule has 2 atom stereocenters. The van der Waals surface area contributed by atoms with E-state index in [-0.39, 0.29) is 0 Å². The second kappa shape index (κ2) is 6.50. The normalized spacial score (nSPS) is 20.9. The van der Waals surface area contributed by atoms with Crippen molar-refractivity contribution in [1.82, 2.24) is 9.97 Å². The summed E-state index contributed by atoms with van der Waals surface area (Å²) in [7, 11) is 0. The molecule has 2 aromatic heterocycles. The number of ether oxygens (including phenoxy) is 1. The van der Waals surface area contributed by atoms with Crippen LogP contribution in [0.2, 0.25) is 0 Å². The molecule has 6 heteroatoms. The van der Waals surface area contributed by atoms with E-state index in [4.69, 9.17) is 10.5 Å². The number of aryl methyl sites for hydroxylation is 1. The first-order chi connectivity index (χ1) is 11.8. The second-order valence-corrected chi connectivity index (χ2v) is 7.66. The van der Waals surface area contributed by atoms with Crippen LogP contribution in [0.4, 0.5) is 10.5 Å². The number of anilines is 1. The van der Waals surface area contributed by atoms with Crippen molar-refractivity contribution < 1.29 is 9.53 Å². The molecule has 1 aliphatic heterocycles. The number of rotatable bonds is 4. The minimum Gasteiger partial charge on any atom is -0.444 e. The Morgan fingerprint density at radius 3 is 2.88 bits per heavy atom. The van der Waals surface area contributed by atoms with Crippen molar-refractivity contribution in [2.45, 2.75) is 39.7 Å². The van der Waals surface area contributed by atoms with Crippen LogP contribution >= 0.6 is 0 Å². The number of aromatic nitrogens is 2. The van der Waals surface area contributed by atoms with Crippen molar-refractivity contribution in [3.05, 3.63) is 30.2 Å². The summed E-state index contributed by atoms with van der Waals surface area (Å²) in [5.41, 5.74) is 7.65. The van der Waals surface area contributed by atoms with E-state index in [0.717, 1.165) is 41.8 Å². The maximum Gasteiger partial charge on any atom is 0.405 e. The number of hydrogen-bond donors (Lipinski definition) is 1. The van der Waals surface area contributed by atoms with Gasteiger partial charge in [-0.15, -0.1) is 0 Å². The van der Waals surface area contributed by atoms with Crippen LogP contribution in [-0.2, 0) is 4.74 Å². The summed E-state index contributed by atoms with van der Waals surface area (Å²) in [5, 5.41) is 1.13. The Balaban J connectivity index is 1.83. The highest BCUT2D eigenvalue weighted by Crippen LogP contribution is 2.36. The van der Waals surface area contributed by atoms with E-state index in [2.05, 4.69) is 27.9 Å². The molecule has 0 aromatic carbocycles. The van der Waals surface area contributed by atoms with Crippen molar-refractivity contribution in [3.8, 4) is 0 Å². The Labute approximate surface area is 148 Å². The van der Waals surface area contributed by atoms with Crippen LogP contribution < -0.4 is 10.6 Å². The lowest BCUT2D eigenvalue weighted by Crippen LogP contribution is -2.34. The summed E-state index contributed by atoms with van der Waals surface area (Å²) < 4.78 is 5.27. The van der Waals surface area contributed by atoms with Crippen LogP contribution in [-0.4, -0.2) is 34.8 Å². The first-order valence-electron chi connectivity index (χ1n) is 8.70. The summed E-state index contributed by atoms with van der Waals surface area (Å²) in [6.07, 6.45) is 3.81. The van der Waals surface area contributed by atoms with Gasteiger partial charge in [-0.1, -0.05) is 6.92 Å². The first kappa shape index (κ1) is 17.5. The van der Waals surface area contributed by atoms with E-state index in [9.17, 15) is 4.79 Å². The zero-order valence-corrected chi connectivity index (χ0v) is 15.3. The third-order valence-electron chi connectivity index (χ3n) is 5.05. The Morgan fingerprint density at radius 1 is 1.40 bits per heavy atom. The molecule has 3 rings (SSSR count). The van der Waals surface area contributed by atoms with Gasteiger partial charge in [0.05, 0.1) is 23.1 Å². The molecule has 134 valence electrons. The number of primary amides is 1. The third kappa shape index (κ3) is 3.67. The van der Waals surface area contributed by atoms with Crippen molar-refractivity contribution in [3.63, 3.8) is 0 Å². The van der Waals surface area contributed by atoms with Crippen molar-refractivity contribution >= 4 is 22.7 Å². The van der Waals surface area contributed by atoms with Crippen molar-refractivity contribution in [1.29, 1.82) is 0 Å². The average Bonchev–Trinajstić information content (AvgIpc) is 2.86. The fourth-order valence-electron chi connectivity index (χ4n) is 3.88. The number of nitrogens with zero attached hydrogens (tertiary/aromatic N) is 3. The molecular formula is C19H26N4O2. The van der Waals surface area contributed by atoms with Gasteiger partial charge >= 0.3 is 6.09 Å². The molecule has 1 fully saturated rings. The van der Waals surface area contributed by atoms with Gasteiger partial charge in [-0.2, -0.15) is 0 Å². The highest BCUT2D eigenvalue weighted by Gasteiger charge is 2.36. The van der Waals surface area contributed by atoms with E-state index >= 15 is 0 Å². The molecule has 3 heterocycles. The standard InChI is InChI=1S/C19H26N4O2/c1-12-10-23(11-14(12)8-19(3,4)25-18(20)24)16-9-22-13(2)17-15(16)6-5-7-21-17/h5-7,9,12,14H,8,10-11H2,1-4H3,(H2,20,24)/t12-,14-/m0/s1. The molecule has 1 aliphatic rings. The number of amides is 1. The number of fused-ring (bicyclic) bond motifs is 1. The number of hydrogen-bond acceptors (Lipinski definition) is 5. The highest BCUT2D eigenvalue weighted by molar-refractivity contribution is 5.92. The molecule has 1 amide bonds. The number of carbonyl (C=O) groups is 1. The van der Waals surface area contributed by atoms with Crippen LogP contribution in [0.5, 0.6) is 0 Å². The van der Waals surface area contributed by atoms with Gasteiger partial charge in [0.25, 0.3) is 0 Å². The van der Waals surface area contributed by atoms with Gasteiger partial charge in [-0.05, 0) is 51.2 Å². The van der Waals surface area contributed by atoms with Gasteiger partial charge in [-0.25, -0.2) is 4.79 Å². The summed E-state index contributed by atoms with van der Waals surface area (Å²) in [4.78, 5) is 22.5. The fraction of sp³-hybridized carbons (Fsp3) is 0.526. The maximum atomic E-state index is 11.1. The summed E-state index contributed by atoms with van der Waals surface area (Å²) in [6.45, 7) is 9.92. The van der Waals surface area contributed by atoms with Crippen molar-refractivity contribution in [2.24, 2.45) is 17.6 Å². The minimum atomic E-state index is -0.715. The molecule has 25 heavy (non-hydrogen) atoms. The van der Waals surface area contributed by atoms with Gasteiger partial charge < -0.3 is 15.4 Å². The van der Waals surface area contributed by atoms with E-state index < -0.39 is 11.7 Å². The molecule has 0 saturated carbocycles. The molecule has 0 radical (unpaired) electrons. The monoisotopic (exact) mass is 342 g/mol. The smallest absolute Gasteiger partial charge is 0.405 e. The number of carbonyl (C=O) groups excluding carboxylic acids is 1.